The van der Waals surface area contributed by atoms with Gasteiger partial charge in [0.2, 0.25) is 0 Å². The average Bonchev–Trinajstić information content (AvgIpc) is 2.29. The first kappa shape index (κ1) is 15.4. The number of carbonyl (C=O) groups excluding carboxylic acids is 1. The lowest BCUT2D eigenvalue weighted by atomic mass is 10.1. The maximum atomic E-state index is 11.2. The highest BCUT2D eigenvalue weighted by molar-refractivity contribution is 7.85. The van der Waals surface area contributed by atoms with Crippen molar-refractivity contribution in [2.24, 2.45) is 0 Å². The molecular formula is C13H16O5S. The second-order valence-corrected chi connectivity index (χ2v) is 5.65. The highest BCUT2D eigenvalue weighted by atomic mass is 32.2. The fraction of sp³-hybridized carbons (Fsp3) is 0.308. The van der Waals surface area contributed by atoms with Crippen LogP contribution in [0.1, 0.15) is 18.1 Å². The van der Waals surface area contributed by atoms with Crippen molar-refractivity contribution < 1.29 is 22.5 Å². The van der Waals surface area contributed by atoms with Crippen molar-refractivity contribution in [2.75, 3.05) is 6.61 Å². The van der Waals surface area contributed by atoms with Crippen LogP contribution >= 0.6 is 0 Å². The van der Waals surface area contributed by atoms with Gasteiger partial charge in [-0.2, -0.15) is 8.42 Å². The Labute approximate surface area is 112 Å². The summed E-state index contributed by atoms with van der Waals surface area (Å²) >= 11 is 0. The predicted molar refractivity (Wildman–Crippen MR) is 70.5 cm³/mol. The van der Waals surface area contributed by atoms with Crippen LogP contribution in [0.15, 0.2) is 35.2 Å². The van der Waals surface area contributed by atoms with E-state index in [1.165, 1.54) is 12.1 Å². The molecule has 104 valence electrons. The Morgan fingerprint density at radius 1 is 1.42 bits per heavy atom. The van der Waals surface area contributed by atoms with Crippen LogP contribution < -0.4 is 0 Å². The molecule has 0 aromatic heterocycles. The quantitative estimate of drug-likeness (QED) is 0.507. The van der Waals surface area contributed by atoms with E-state index >= 15 is 0 Å². The van der Waals surface area contributed by atoms with Gasteiger partial charge in [-0.1, -0.05) is 12.6 Å². The molecule has 0 saturated heterocycles. The zero-order valence-electron chi connectivity index (χ0n) is 10.8. The summed E-state index contributed by atoms with van der Waals surface area (Å²) in [6.07, 6.45) is 0.369. The average molecular weight is 284 g/mol. The summed E-state index contributed by atoms with van der Waals surface area (Å²) in [4.78, 5) is 11.0. The monoisotopic (exact) mass is 284 g/mol. The van der Waals surface area contributed by atoms with Crippen molar-refractivity contribution in [3.05, 3.63) is 41.5 Å². The van der Waals surface area contributed by atoms with Gasteiger partial charge in [-0.05, 0) is 37.1 Å². The maximum absolute atomic E-state index is 11.2. The maximum Gasteiger partial charge on any atom is 0.333 e. The second kappa shape index (κ2) is 5.99. The van der Waals surface area contributed by atoms with Gasteiger partial charge in [0.25, 0.3) is 10.1 Å². The Balaban J connectivity index is 2.79. The molecule has 0 atom stereocenters. The van der Waals surface area contributed by atoms with Crippen molar-refractivity contribution in [1.82, 2.24) is 0 Å². The van der Waals surface area contributed by atoms with Crippen LogP contribution in [0.3, 0.4) is 0 Å². The topological polar surface area (TPSA) is 80.7 Å². The van der Waals surface area contributed by atoms with Crippen molar-refractivity contribution in [2.45, 2.75) is 25.2 Å². The first-order valence-corrected chi connectivity index (χ1v) is 7.05. The number of ether oxygens (including phenoxy) is 1. The van der Waals surface area contributed by atoms with E-state index in [0.29, 0.717) is 17.6 Å². The third-order valence-corrected chi connectivity index (χ3v) is 3.42. The number of hydrogen-bond acceptors (Lipinski definition) is 4. The summed E-state index contributed by atoms with van der Waals surface area (Å²) < 4.78 is 36.0. The SMILES string of the molecule is C=C(C)C(=O)OCCc1cc(S(=O)(=O)O)ccc1C. The second-order valence-electron chi connectivity index (χ2n) is 4.23. The molecule has 0 amide bonds. The fourth-order valence-corrected chi connectivity index (χ4v) is 1.99. The minimum Gasteiger partial charge on any atom is -0.462 e. The third kappa shape index (κ3) is 4.50. The van der Waals surface area contributed by atoms with E-state index in [1.807, 2.05) is 6.92 Å². The minimum absolute atomic E-state index is 0.126. The molecule has 6 heteroatoms. The number of benzene rings is 1. The van der Waals surface area contributed by atoms with E-state index in [-0.39, 0.29) is 11.5 Å². The molecule has 19 heavy (non-hydrogen) atoms. The molecule has 1 aromatic rings. The molecule has 0 aliphatic carbocycles. The Kier molecular flexibility index (Phi) is 4.85. The smallest absolute Gasteiger partial charge is 0.333 e. The van der Waals surface area contributed by atoms with E-state index in [0.717, 1.165) is 5.56 Å². The minimum atomic E-state index is -4.22. The van der Waals surface area contributed by atoms with Gasteiger partial charge in [0, 0.05) is 12.0 Å². The van der Waals surface area contributed by atoms with Gasteiger partial charge < -0.3 is 4.74 Å². The van der Waals surface area contributed by atoms with Crippen molar-refractivity contribution in [3.63, 3.8) is 0 Å². The molecule has 0 radical (unpaired) electrons. The molecule has 0 fully saturated rings. The summed E-state index contributed by atoms with van der Waals surface area (Å²) in [5.74, 6) is -0.483. The van der Waals surface area contributed by atoms with Gasteiger partial charge in [-0.25, -0.2) is 4.79 Å². The van der Waals surface area contributed by atoms with Crippen molar-refractivity contribution in [1.29, 1.82) is 0 Å². The summed E-state index contributed by atoms with van der Waals surface area (Å²) in [6, 6.07) is 4.30. The Bertz CT molecular complexity index is 601. The Hall–Kier alpha value is -1.66. The largest absolute Gasteiger partial charge is 0.462 e. The molecule has 0 spiro atoms. The molecule has 0 bridgehead atoms. The standard InChI is InChI=1S/C13H16O5S/c1-9(2)13(14)18-7-6-11-8-12(19(15,16)17)5-4-10(11)3/h4-5,8H,1,6-7H2,2-3H3,(H,15,16,17). The number of rotatable bonds is 5. The van der Waals surface area contributed by atoms with Gasteiger partial charge >= 0.3 is 5.97 Å². The van der Waals surface area contributed by atoms with Crippen LogP contribution in [0, 0.1) is 6.92 Å². The van der Waals surface area contributed by atoms with Gasteiger partial charge in [-0.15, -0.1) is 0 Å². The van der Waals surface area contributed by atoms with Crippen LogP contribution in [-0.4, -0.2) is 25.5 Å². The highest BCUT2D eigenvalue weighted by Crippen LogP contribution is 2.16. The van der Waals surface area contributed by atoms with Crippen molar-refractivity contribution >= 4 is 16.1 Å². The molecule has 1 aromatic carbocycles. The molecule has 5 nitrogen and oxygen atoms in total. The normalized spacial score (nSPS) is 11.1. The molecule has 1 rings (SSSR count). The van der Waals surface area contributed by atoms with Gasteiger partial charge in [-0.3, -0.25) is 4.55 Å². The molecule has 0 aliphatic heterocycles. The number of esters is 1. The molecule has 1 N–H and O–H groups in total. The van der Waals surface area contributed by atoms with Crippen molar-refractivity contribution in [3.8, 4) is 0 Å². The lowest BCUT2D eigenvalue weighted by Gasteiger charge is -2.08. The molecule has 0 unspecified atom stereocenters. The molecule has 0 aliphatic rings. The first-order valence-electron chi connectivity index (χ1n) is 5.61. The predicted octanol–water partition coefficient (Wildman–Crippen LogP) is 1.90. The summed E-state index contributed by atoms with van der Waals surface area (Å²) in [6.45, 7) is 6.94. The van der Waals surface area contributed by atoms with Gasteiger partial charge in [0.15, 0.2) is 0 Å². The molecular weight excluding hydrogens is 268 g/mol. The third-order valence-electron chi connectivity index (χ3n) is 2.57. The Morgan fingerprint density at radius 2 is 2.05 bits per heavy atom. The lowest BCUT2D eigenvalue weighted by Crippen LogP contribution is -2.09. The van der Waals surface area contributed by atoms with E-state index in [2.05, 4.69) is 6.58 Å². The molecule has 0 heterocycles. The first-order chi connectivity index (χ1) is 8.71. The number of carbonyl (C=O) groups is 1. The zero-order chi connectivity index (χ0) is 14.6. The van der Waals surface area contributed by atoms with Crippen LogP contribution in [0.4, 0.5) is 0 Å². The van der Waals surface area contributed by atoms with E-state index in [9.17, 15) is 13.2 Å². The van der Waals surface area contributed by atoms with Crippen LogP contribution in [0.25, 0.3) is 0 Å². The number of hydrogen-bond donors (Lipinski definition) is 1. The van der Waals surface area contributed by atoms with E-state index in [1.54, 1.807) is 13.0 Å². The fourth-order valence-electron chi connectivity index (χ4n) is 1.45. The summed E-state index contributed by atoms with van der Waals surface area (Å²) in [5.41, 5.74) is 1.87. The van der Waals surface area contributed by atoms with Crippen LogP contribution in [-0.2, 0) is 26.1 Å². The van der Waals surface area contributed by atoms with Gasteiger partial charge in [0.05, 0.1) is 11.5 Å². The van der Waals surface area contributed by atoms with E-state index in [4.69, 9.17) is 9.29 Å². The zero-order valence-corrected chi connectivity index (χ0v) is 11.7. The van der Waals surface area contributed by atoms with Gasteiger partial charge in [0.1, 0.15) is 0 Å². The van der Waals surface area contributed by atoms with E-state index < -0.39 is 16.1 Å². The Morgan fingerprint density at radius 3 is 2.58 bits per heavy atom. The lowest BCUT2D eigenvalue weighted by molar-refractivity contribution is -0.138. The highest BCUT2D eigenvalue weighted by Gasteiger charge is 2.12. The summed E-state index contributed by atoms with van der Waals surface area (Å²) in [7, 11) is -4.22. The number of aryl methyl sites for hydroxylation is 1. The summed E-state index contributed by atoms with van der Waals surface area (Å²) in [5, 5.41) is 0. The molecule has 0 saturated carbocycles. The van der Waals surface area contributed by atoms with Crippen LogP contribution in [0.5, 0.6) is 0 Å². The van der Waals surface area contributed by atoms with Crippen LogP contribution in [0.2, 0.25) is 0 Å².